The fourth-order valence-electron chi connectivity index (χ4n) is 2.11. The Morgan fingerprint density at radius 2 is 2.12 bits per heavy atom. The molecule has 6 heteroatoms. The van der Waals surface area contributed by atoms with Crippen molar-refractivity contribution in [3.63, 3.8) is 0 Å². The first-order valence-corrected chi connectivity index (χ1v) is 8.26. The topological polar surface area (TPSA) is 42.4 Å². The van der Waals surface area contributed by atoms with Crippen LogP contribution in [0, 0.1) is 12.3 Å². The highest BCUT2D eigenvalue weighted by Gasteiger charge is 2.33. The summed E-state index contributed by atoms with van der Waals surface area (Å²) in [4.78, 5) is 18.7. The molecule has 2 aromatic rings. The highest BCUT2D eigenvalue weighted by molar-refractivity contribution is 8.27. The number of nitrogens with zero attached hydrogens (tertiary/aromatic N) is 2. The van der Waals surface area contributed by atoms with Crippen LogP contribution in [-0.4, -0.2) is 21.8 Å². The van der Waals surface area contributed by atoms with Crippen LogP contribution in [0.5, 0.6) is 5.75 Å². The van der Waals surface area contributed by atoms with Crippen molar-refractivity contribution >= 4 is 46.0 Å². The number of thioether (sulfide) groups is 1. The quantitative estimate of drug-likeness (QED) is 0.479. The number of anilines is 1. The third-order valence-corrected chi connectivity index (χ3v) is 4.50. The number of carbonyl (C=O) groups is 1. The van der Waals surface area contributed by atoms with Crippen molar-refractivity contribution < 1.29 is 9.53 Å². The van der Waals surface area contributed by atoms with Crippen LogP contribution in [0.1, 0.15) is 5.56 Å². The number of terminal acetylenes is 1. The molecule has 1 fully saturated rings. The van der Waals surface area contributed by atoms with Gasteiger partial charge in [0.1, 0.15) is 12.4 Å². The number of ether oxygens (including phenoxy) is 1. The van der Waals surface area contributed by atoms with E-state index in [4.69, 9.17) is 23.4 Å². The Morgan fingerprint density at radius 1 is 1.33 bits per heavy atom. The number of pyridine rings is 1. The lowest BCUT2D eigenvalue weighted by Gasteiger charge is -2.13. The Kier molecular flexibility index (Phi) is 4.94. The second-order valence-electron chi connectivity index (χ2n) is 4.79. The number of amides is 1. The maximum absolute atomic E-state index is 12.6. The van der Waals surface area contributed by atoms with Gasteiger partial charge in [0, 0.05) is 6.20 Å². The van der Waals surface area contributed by atoms with Gasteiger partial charge in [0.2, 0.25) is 0 Å². The number of carbonyl (C=O) groups excluding carboxylic acids is 1. The highest BCUT2D eigenvalue weighted by atomic mass is 32.2. The van der Waals surface area contributed by atoms with Crippen molar-refractivity contribution in [3.05, 3.63) is 59.3 Å². The van der Waals surface area contributed by atoms with Gasteiger partial charge in [-0.05, 0) is 35.9 Å². The van der Waals surface area contributed by atoms with Crippen LogP contribution >= 0.6 is 24.0 Å². The maximum atomic E-state index is 12.6. The average molecular weight is 352 g/mol. The summed E-state index contributed by atoms with van der Waals surface area (Å²) in [5.41, 5.74) is 1.55. The molecule has 1 aromatic heterocycles. The molecule has 0 N–H and O–H groups in total. The summed E-state index contributed by atoms with van der Waals surface area (Å²) in [6, 6.07) is 10.9. The van der Waals surface area contributed by atoms with E-state index < -0.39 is 0 Å². The molecule has 3 rings (SSSR count). The summed E-state index contributed by atoms with van der Waals surface area (Å²) in [6.45, 7) is 0.225. The number of hydrogen-bond acceptors (Lipinski definition) is 5. The van der Waals surface area contributed by atoms with Gasteiger partial charge in [0.25, 0.3) is 5.91 Å². The summed E-state index contributed by atoms with van der Waals surface area (Å²) in [6.07, 6.45) is 10.2. The van der Waals surface area contributed by atoms with Crippen molar-refractivity contribution in [2.45, 2.75) is 0 Å². The van der Waals surface area contributed by atoms with Gasteiger partial charge in [-0.15, -0.1) is 6.42 Å². The van der Waals surface area contributed by atoms with Gasteiger partial charge in [0.05, 0.1) is 16.8 Å². The summed E-state index contributed by atoms with van der Waals surface area (Å²) in [5, 5.41) is 0. The largest absolute Gasteiger partial charge is 0.481 e. The summed E-state index contributed by atoms with van der Waals surface area (Å²) in [7, 11) is 0. The number of thiocarbonyl (C=S) groups is 1. The Balaban J connectivity index is 1.80. The molecule has 0 atom stereocenters. The van der Waals surface area contributed by atoms with Gasteiger partial charge in [0.15, 0.2) is 4.32 Å². The second kappa shape index (κ2) is 7.30. The minimum absolute atomic E-state index is 0.148. The van der Waals surface area contributed by atoms with Crippen LogP contribution < -0.4 is 9.64 Å². The predicted molar refractivity (Wildman–Crippen MR) is 101 cm³/mol. The molecule has 118 valence electrons. The number of aromatic nitrogens is 1. The second-order valence-corrected chi connectivity index (χ2v) is 6.47. The smallest absolute Gasteiger partial charge is 0.270 e. The van der Waals surface area contributed by atoms with E-state index in [0.717, 1.165) is 5.56 Å². The average Bonchev–Trinajstić information content (AvgIpc) is 2.88. The Bertz CT molecular complexity index is 840. The zero-order valence-electron chi connectivity index (χ0n) is 12.5. The molecule has 1 amide bonds. The van der Waals surface area contributed by atoms with Gasteiger partial charge < -0.3 is 4.74 Å². The lowest BCUT2D eigenvalue weighted by atomic mass is 10.2. The van der Waals surface area contributed by atoms with Crippen molar-refractivity contribution in [2.75, 3.05) is 11.5 Å². The molecular weight excluding hydrogens is 340 g/mol. The van der Waals surface area contributed by atoms with Crippen LogP contribution in [0.3, 0.4) is 0 Å². The third kappa shape index (κ3) is 3.48. The Morgan fingerprint density at radius 3 is 2.79 bits per heavy atom. The molecule has 1 aliphatic rings. The van der Waals surface area contributed by atoms with E-state index in [1.165, 1.54) is 16.7 Å². The molecule has 4 nitrogen and oxygen atoms in total. The first kappa shape index (κ1) is 16.2. The van der Waals surface area contributed by atoms with Gasteiger partial charge in [-0.1, -0.05) is 42.0 Å². The van der Waals surface area contributed by atoms with E-state index in [9.17, 15) is 4.79 Å². The maximum Gasteiger partial charge on any atom is 0.270 e. The molecule has 24 heavy (non-hydrogen) atoms. The molecule has 0 radical (unpaired) electrons. The molecule has 1 aromatic carbocycles. The SMILES string of the molecule is C#CCOc1ccc(/C=C2/SC(=S)N(c3cccnc3)C2=O)cc1. The first-order valence-electron chi connectivity index (χ1n) is 7.03. The van der Waals surface area contributed by atoms with Crippen LogP contribution in [0.25, 0.3) is 6.08 Å². The molecule has 2 heterocycles. The molecule has 1 saturated heterocycles. The van der Waals surface area contributed by atoms with Crippen molar-refractivity contribution in [1.82, 2.24) is 4.98 Å². The molecule has 0 bridgehead atoms. The molecule has 0 spiro atoms. The number of rotatable bonds is 4. The molecule has 0 aliphatic carbocycles. The minimum atomic E-state index is -0.148. The zero-order valence-corrected chi connectivity index (χ0v) is 14.1. The van der Waals surface area contributed by atoms with Crippen LogP contribution in [0.4, 0.5) is 5.69 Å². The van der Waals surface area contributed by atoms with Crippen LogP contribution in [0.15, 0.2) is 53.7 Å². The molecule has 1 aliphatic heterocycles. The van der Waals surface area contributed by atoms with Crippen molar-refractivity contribution in [3.8, 4) is 18.1 Å². The van der Waals surface area contributed by atoms with E-state index >= 15 is 0 Å². The number of hydrogen-bond donors (Lipinski definition) is 0. The highest BCUT2D eigenvalue weighted by Crippen LogP contribution is 2.35. The van der Waals surface area contributed by atoms with Gasteiger partial charge in [-0.25, -0.2) is 0 Å². The molecular formula is C18H12N2O2S2. The van der Waals surface area contributed by atoms with Gasteiger partial charge in [-0.2, -0.15) is 0 Å². The van der Waals surface area contributed by atoms with E-state index in [0.29, 0.717) is 20.7 Å². The van der Waals surface area contributed by atoms with Gasteiger partial charge in [-0.3, -0.25) is 14.7 Å². The zero-order chi connectivity index (χ0) is 16.9. The van der Waals surface area contributed by atoms with E-state index in [1.807, 2.05) is 24.3 Å². The summed E-state index contributed by atoms with van der Waals surface area (Å²) < 4.78 is 5.82. The fourth-order valence-corrected chi connectivity index (χ4v) is 3.41. The van der Waals surface area contributed by atoms with E-state index in [-0.39, 0.29) is 12.5 Å². The molecule has 0 unspecified atom stereocenters. The number of benzene rings is 1. The lowest BCUT2D eigenvalue weighted by molar-refractivity contribution is -0.113. The first-order chi connectivity index (χ1) is 11.7. The Labute approximate surface area is 149 Å². The third-order valence-electron chi connectivity index (χ3n) is 3.20. The van der Waals surface area contributed by atoms with E-state index in [1.54, 1.807) is 30.6 Å². The predicted octanol–water partition coefficient (Wildman–Crippen LogP) is 3.50. The van der Waals surface area contributed by atoms with Crippen LogP contribution in [-0.2, 0) is 4.79 Å². The minimum Gasteiger partial charge on any atom is -0.481 e. The molecule has 0 saturated carbocycles. The monoisotopic (exact) mass is 352 g/mol. The van der Waals surface area contributed by atoms with E-state index in [2.05, 4.69) is 10.9 Å². The lowest BCUT2D eigenvalue weighted by Crippen LogP contribution is -2.27. The van der Waals surface area contributed by atoms with Crippen LogP contribution in [0.2, 0.25) is 0 Å². The van der Waals surface area contributed by atoms with Gasteiger partial charge >= 0.3 is 0 Å². The standard InChI is InChI=1S/C18H12N2O2S2/c1-2-10-22-15-7-5-13(6-8-15)11-16-17(21)20(18(23)24-16)14-4-3-9-19-12-14/h1,3-9,11-12H,10H2/b16-11+. The fraction of sp³-hybridized carbons (Fsp3) is 0.0556. The normalized spacial score (nSPS) is 15.6. The summed E-state index contributed by atoms with van der Waals surface area (Å²) >= 11 is 6.60. The summed E-state index contributed by atoms with van der Waals surface area (Å²) in [5.74, 6) is 2.95. The van der Waals surface area contributed by atoms with Crippen molar-refractivity contribution in [2.24, 2.45) is 0 Å². The Hall–Kier alpha value is -2.62. The van der Waals surface area contributed by atoms with Crippen molar-refractivity contribution in [1.29, 1.82) is 0 Å².